The van der Waals surface area contributed by atoms with Crippen LogP contribution in [0.4, 0.5) is 0 Å². The van der Waals surface area contributed by atoms with Crippen LogP contribution in [0, 0.1) is 5.92 Å². The summed E-state index contributed by atoms with van der Waals surface area (Å²) in [4.78, 5) is 0. The molecule has 1 saturated heterocycles. The van der Waals surface area contributed by atoms with Crippen LogP contribution in [-0.4, -0.2) is 16.6 Å². The third kappa shape index (κ3) is 3.90. The lowest BCUT2D eigenvalue weighted by atomic mass is 10.0. The van der Waals surface area contributed by atoms with E-state index in [0.29, 0.717) is 5.92 Å². The minimum absolute atomic E-state index is 0.142. The number of hydrogen-bond acceptors (Lipinski definition) is 1. The number of hydrogen-bond donors (Lipinski definition) is 0. The summed E-state index contributed by atoms with van der Waals surface area (Å²) in [5.41, 5.74) is 3.19. The Balaban J connectivity index is 1.90. The van der Waals surface area contributed by atoms with Gasteiger partial charge >= 0.3 is 0 Å². The van der Waals surface area contributed by atoms with Crippen LogP contribution in [0.5, 0.6) is 0 Å². The molecule has 0 saturated carbocycles. The summed E-state index contributed by atoms with van der Waals surface area (Å²) in [7, 11) is 0. The highest BCUT2D eigenvalue weighted by Gasteiger charge is 2.50. The van der Waals surface area contributed by atoms with Gasteiger partial charge in [-0.3, -0.25) is 0 Å². The van der Waals surface area contributed by atoms with Gasteiger partial charge in [0.1, 0.15) is 0 Å². The lowest BCUT2D eigenvalue weighted by Crippen LogP contribution is -2.40. The Morgan fingerprint density at radius 1 is 1.00 bits per heavy atom. The monoisotopic (exact) mass is 292 g/mol. The van der Waals surface area contributed by atoms with Crippen LogP contribution in [0.3, 0.4) is 0 Å². The summed E-state index contributed by atoms with van der Waals surface area (Å²) >= 11 is 0. The van der Waals surface area contributed by atoms with Crippen LogP contribution >= 0.6 is 0 Å². The molecule has 21 heavy (non-hydrogen) atoms. The first-order chi connectivity index (χ1) is 10.0. The summed E-state index contributed by atoms with van der Waals surface area (Å²) in [6, 6.07) is 0.257. The molecule has 1 heterocycles. The Morgan fingerprint density at radius 2 is 1.62 bits per heavy atom. The molecular formula is C19H34NO. The Hall–Kier alpha value is -0.340. The van der Waals surface area contributed by atoms with Gasteiger partial charge in [0, 0.05) is 17.5 Å². The minimum Gasteiger partial charge on any atom is -0.145 e. The molecule has 0 aromatic heterocycles. The van der Waals surface area contributed by atoms with Crippen molar-refractivity contribution in [3.05, 3.63) is 11.1 Å². The van der Waals surface area contributed by atoms with Crippen molar-refractivity contribution in [1.29, 1.82) is 0 Å². The fourth-order valence-electron chi connectivity index (χ4n) is 4.03. The molecule has 121 valence electrons. The van der Waals surface area contributed by atoms with Crippen LogP contribution < -0.4 is 0 Å². The summed E-state index contributed by atoms with van der Waals surface area (Å²) in [6.07, 6.45) is 12.5. The first-order valence-electron chi connectivity index (χ1n) is 9.21. The Bertz CT molecular complexity index is 372. The van der Waals surface area contributed by atoms with Crippen molar-refractivity contribution in [2.75, 3.05) is 0 Å². The molecule has 2 aliphatic rings. The summed E-state index contributed by atoms with van der Waals surface area (Å²) in [6.45, 7) is 8.74. The maximum Gasteiger partial charge on any atom is 0.0493 e. The highest BCUT2D eigenvalue weighted by molar-refractivity contribution is 5.43. The van der Waals surface area contributed by atoms with Crippen LogP contribution in [-0.2, 0) is 5.21 Å². The second-order valence-electron chi connectivity index (χ2n) is 7.69. The molecule has 0 aromatic rings. The van der Waals surface area contributed by atoms with Gasteiger partial charge in [-0.05, 0) is 52.4 Å². The van der Waals surface area contributed by atoms with Gasteiger partial charge in [0.2, 0.25) is 0 Å². The molecule has 1 radical (unpaired) electrons. The molecule has 1 aliphatic heterocycles. The second kappa shape index (κ2) is 7.28. The normalized spacial score (nSPS) is 28.4. The van der Waals surface area contributed by atoms with Crippen LogP contribution in [0.1, 0.15) is 91.9 Å². The van der Waals surface area contributed by atoms with E-state index in [1.165, 1.54) is 56.4 Å². The van der Waals surface area contributed by atoms with Crippen LogP contribution in [0.25, 0.3) is 0 Å². The minimum atomic E-state index is -0.142. The van der Waals surface area contributed by atoms with E-state index >= 15 is 0 Å². The molecule has 1 fully saturated rings. The van der Waals surface area contributed by atoms with Crippen LogP contribution in [0.2, 0.25) is 0 Å². The number of unbranched alkanes of at least 4 members (excludes halogenated alkanes) is 4. The summed E-state index contributed by atoms with van der Waals surface area (Å²) < 4.78 is 0. The smallest absolute Gasteiger partial charge is 0.0493 e. The Kier molecular flexibility index (Phi) is 5.90. The molecule has 0 spiro atoms. The van der Waals surface area contributed by atoms with Crippen LogP contribution in [0.15, 0.2) is 11.1 Å². The van der Waals surface area contributed by atoms with Gasteiger partial charge in [-0.2, -0.15) is 0 Å². The zero-order chi connectivity index (χ0) is 15.5. The number of hydroxylamine groups is 2. The van der Waals surface area contributed by atoms with Crippen molar-refractivity contribution in [2.45, 2.75) is 103 Å². The van der Waals surface area contributed by atoms with E-state index in [9.17, 15) is 5.21 Å². The third-order valence-electron chi connectivity index (χ3n) is 5.51. The quantitative estimate of drug-likeness (QED) is 0.397. The molecule has 0 amide bonds. The molecule has 2 heteroatoms. The van der Waals surface area contributed by atoms with Gasteiger partial charge in [0.05, 0.1) is 0 Å². The van der Waals surface area contributed by atoms with E-state index in [1.807, 2.05) is 0 Å². The molecule has 1 aliphatic carbocycles. The predicted octanol–water partition coefficient (Wildman–Crippen LogP) is 5.66. The first kappa shape index (κ1) is 17.0. The lowest BCUT2D eigenvalue weighted by molar-refractivity contribution is -0.222. The van der Waals surface area contributed by atoms with Gasteiger partial charge in [0.15, 0.2) is 0 Å². The van der Waals surface area contributed by atoms with Crippen molar-refractivity contribution in [2.24, 2.45) is 5.92 Å². The molecule has 2 unspecified atom stereocenters. The van der Waals surface area contributed by atoms with Crippen molar-refractivity contribution < 1.29 is 5.21 Å². The molecule has 0 N–H and O–H groups in total. The number of rotatable bonds is 9. The maximum absolute atomic E-state index is 12.5. The standard InChI is InChI=1S/C19H34NO/c1-5-7-9-10-12-16-15(11-8-6-2)18(16)17-13-14-19(3,4)20(17)21/h17-18H,5-14H2,1-4H3. The average Bonchev–Trinajstić information content (AvgIpc) is 3.06. The molecule has 0 aromatic carbocycles. The largest absolute Gasteiger partial charge is 0.145 e. The van der Waals surface area contributed by atoms with Crippen molar-refractivity contribution in [3.63, 3.8) is 0 Å². The SMILES string of the molecule is CCCCCCC1=C(CCCC)C1C1CCC(C)(C)N1[O]. The second-order valence-corrected chi connectivity index (χ2v) is 7.69. The van der Waals surface area contributed by atoms with Crippen molar-refractivity contribution in [1.82, 2.24) is 5.06 Å². The maximum atomic E-state index is 12.5. The lowest BCUT2D eigenvalue weighted by Gasteiger charge is -2.27. The molecule has 2 nitrogen and oxygen atoms in total. The fraction of sp³-hybridized carbons (Fsp3) is 0.895. The van der Waals surface area contributed by atoms with Gasteiger partial charge in [-0.15, -0.1) is 10.3 Å². The molecular weight excluding hydrogens is 258 g/mol. The highest BCUT2D eigenvalue weighted by atomic mass is 16.5. The van der Waals surface area contributed by atoms with E-state index in [-0.39, 0.29) is 11.6 Å². The zero-order valence-corrected chi connectivity index (χ0v) is 14.6. The highest BCUT2D eigenvalue weighted by Crippen LogP contribution is 2.53. The molecule has 2 atom stereocenters. The van der Waals surface area contributed by atoms with E-state index < -0.39 is 0 Å². The van der Waals surface area contributed by atoms with Gasteiger partial charge in [-0.25, -0.2) is 0 Å². The molecule has 0 bridgehead atoms. The molecule has 2 rings (SSSR count). The van der Waals surface area contributed by atoms with E-state index in [2.05, 4.69) is 27.7 Å². The predicted molar refractivity (Wildman–Crippen MR) is 88.4 cm³/mol. The summed E-state index contributed by atoms with van der Waals surface area (Å²) in [5, 5.41) is 14.0. The zero-order valence-electron chi connectivity index (χ0n) is 14.6. The van der Waals surface area contributed by atoms with E-state index in [4.69, 9.17) is 0 Å². The fourth-order valence-corrected chi connectivity index (χ4v) is 4.03. The number of nitrogens with zero attached hydrogens (tertiary/aromatic N) is 1. The average molecular weight is 292 g/mol. The Morgan fingerprint density at radius 3 is 2.14 bits per heavy atom. The Labute approximate surface area is 131 Å². The van der Waals surface area contributed by atoms with Crippen molar-refractivity contribution >= 4 is 0 Å². The topological polar surface area (TPSA) is 23.1 Å². The van der Waals surface area contributed by atoms with Gasteiger partial charge in [0.25, 0.3) is 0 Å². The van der Waals surface area contributed by atoms with Gasteiger partial charge < -0.3 is 0 Å². The van der Waals surface area contributed by atoms with E-state index in [1.54, 1.807) is 11.1 Å². The van der Waals surface area contributed by atoms with E-state index in [0.717, 1.165) is 12.8 Å². The van der Waals surface area contributed by atoms with Gasteiger partial charge in [-0.1, -0.05) is 50.7 Å². The van der Waals surface area contributed by atoms with Crippen molar-refractivity contribution in [3.8, 4) is 0 Å². The first-order valence-corrected chi connectivity index (χ1v) is 9.21. The summed E-state index contributed by atoms with van der Waals surface area (Å²) in [5.74, 6) is 0.553. The third-order valence-corrected chi connectivity index (χ3v) is 5.51.